The van der Waals surface area contributed by atoms with E-state index in [2.05, 4.69) is 5.32 Å². The molecule has 1 heterocycles. The van der Waals surface area contributed by atoms with Crippen LogP contribution in [0.2, 0.25) is 0 Å². The fourth-order valence-electron chi connectivity index (χ4n) is 3.48. The Hall–Kier alpha value is -2.20. The van der Waals surface area contributed by atoms with Gasteiger partial charge in [0.1, 0.15) is 5.75 Å². The molecule has 1 aliphatic heterocycles. The molecule has 4 nitrogen and oxygen atoms in total. The van der Waals surface area contributed by atoms with Gasteiger partial charge in [0.05, 0.1) is 0 Å². The van der Waals surface area contributed by atoms with E-state index < -0.39 is 0 Å². The number of nitrogens with one attached hydrogen (secondary N) is 1. The highest BCUT2D eigenvalue weighted by Crippen LogP contribution is 2.27. The second-order valence-electron chi connectivity index (χ2n) is 6.72. The number of rotatable bonds is 5. The van der Waals surface area contributed by atoms with Crippen LogP contribution in [0, 0.1) is 0 Å². The average molecular weight is 327 g/mol. The van der Waals surface area contributed by atoms with Crippen LogP contribution in [0.1, 0.15) is 36.8 Å². The zero-order chi connectivity index (χ0) is 16.9. The lowest BCUT2D eigenvalue weighted by atomic mass is 9.91. The molecule has 1 fully saturated rings. The minimum Gasteiger partial charge on any atom is -0.508 e. The van der Waals surface area contributed by atoms with Crippen LogP contribution < -0.4 is 5.32 Å². The maximum absolute atomic E-state index is 9.62. The van der Waals surface area contributed by atoms with Crippen LogP contribution in [0.25, 0.3) is 0 Å². The molecule has 2 atom stereocenters. The van der Waals surface area contributed by atoms with Gasteiger partial charge in [-0.15, -0.1) is 0 Å². The molecule has 1 saturated heterocycles. The van der Waals surface area contributed by atoms with Crippen LogP contribution in [-0.4, -0.2) is 27.4 Å². The van der Waals surface area contributed by atoms with E-state index in [-0.39, 0.29) is 11.5 Å². The van der Waals surface area contributed by atoms with E-state index in [0.717, 1.165) is 31.2 Å². The molecule has 0 aromatic heterocycles. The molecule has 1 aliphatic rings. The number of hydrogen-bond donors (Lipinski definition) is 4. The van der Waals surface area contributed by atoms with Gasteiger partial charge >= 0.3 is 0 Å². The Morgan fingerprint density at radius 2 is 1.54 bits per heavy atom. The Labute approximate surface area is 142 Å². The number of phenolic OH excluding ortho intramolecular Hbond substituents is 3. The fraction of sp³-hybridized carbons (Fsp3) is 0.400. The molecule has 0 aliphatic carbocycles. The SMILES string of the molecule is Oc1ccc(CCC2CCCC(Cc3ccc(O)c(O)c3)N2)cc1. The molecule has 4 heteroatoms. The lowest BCUT2D eigenvalue weighted by molar-refractivity contribution is 0.306. The average Bonchev–Trinajstić information content (AvgIpc) is 2.58. The predicted octanol–water partition coefficient (Wildman–Crippen LogP) is 3.49. The largest absolute Gasteiger partial charge is 0.508 e. The standard InChI is InChI=1S/C20H25NO3/c22-18-9-5-14(6-10-18)4-8-16-2-1-3-17(21-16)12-15-7-11-19(23)20(24)13-15/h5-7,9-11,13,16-17,21-24H,1-4,8,12H2. The molecular weight excluding hydrogens is 302 g/mol. The van der Waals surface area contributed by atoms with Crippen molar-refractivity contribution in [1.82, 2.24) is 5.32 Å². The third-order valence-corrected chi connectivity index (χ3v) is 4.82. The van der Waals surface area contributed by atoms with Crippen molar-refractivity contribution in [2.75, 3.05) is 0 Å². The predicted molar refractivity (Wildman–Crippen MR) is 94.5 cm³/mol. The normalized spacial score (nSPS) is 20.8. The summed E-state index contributed by atoms with van der Waals surface area (Å²) in [6, 6.07) is 13.4. The van der Waals surface area contributed by atoms with Crippen LogP contribution >= 0.6 is 0 Å². The van der Waals surface area contributed by atoms with E-state index in [4.69, 9.17) is 0 Å². The van der Waals surface area contributed by atoms with Gasteiger partial charge in [-0.3, -0.25) is 0 Å². The molecule has 2 aromatic rings. The number of hydrogen-bond acceptors (Lipinski definition) is 4. The van der Waals surface area contributed by atoms with Crippen molar-refractivity contribution < 1.29 is 15.3 Å². The van der Waals surface area contributed by atoms with Crippen molar-refractivity contribution >= 4 is 0 Å². The molecule has 3 rings (SSSR count). The number of aromatic hydroxyl groups is 3. The zero-order valence-corrected chi connectivity index (χ0v) is 13.8. The van der Waals surface area contributed by atoms with Gasteiger partial charge in [-0.05, 0) is 67.5 Å². The first kappa shape index (κ1) is 16.7. The maximum Gasteiger partial charge on any atom is 0.157 e. The quantitative estimate of drug-likeness (QED) is 0.634. The first-order valence-electron chi connectivity index (χ1n) is 8.65. The summed E-state index contributed by atoms with van der Waals surface area (Å²) >= 11 is 0. The molecule has 24 heavy (non-hydrogen) atoms. The Kier molecular flexibility index (Phi) is 5.26. The summed E-state index contributed by atoms with van der Waals surface area (Å²) in [4.78, 5) is 0. The summed E-state index contributed by atoms with van der Waals surface area (Å²) in [5.74, 6) is 0.195. The van der Waals surface area contributed by atoms with Crippen molar-refractivity contribution in [2.24, 2.45) is 0 Å². The van der Waals surface area contributed by atoms with Crippen LogP contribution in [0.15, 0.2) is 42.5 Å². The van der Waals surface area contributed by atoms with Gasteiger partial charge in [0, 0.05) is 12.1 Å². The van der Waals surface area contributed by atoms with Gasteiger partial charge in [0.15, 0.2) is 11.5 Å². The first-order chi connectivity index (χ1) is 11.6. The van der Waals surface area contributed by atoms with E-state index in [1.165, 1.54) is 18.4 Å². The number of aryl methyl sites for hydroxylation is 1. The van der Waals surface area contributed by atoms with E-state index >= 15 is 0 Å². The molecule has 0 amide bonds. The number of benzene rings is 2. The Morgan fingerprint density at radius 1 is 0.833 bits per heavy atom. The second kappa shape index (κ2) is 7.58. The topological polar surface area (TPSA) is 72.7 Å². The van der Waals surface area contributed by atoms with Crippen LogP contribution in [-0.2, 0) is 12.8 Å². The minimum atomic E-state index is -0.0675. The van der Waals surface area contributed by atoms with Gasteiger partial charge in [0.25, 0.3) is 0 Å². The van der Waals surface area contributed by atoms with E-state index in [9.17, 15) is 15.3 Å². The molecule has 0 spiro atoms. The third-order valence-electron chi connectivity index (χ3n) is 4.82. The molecule has 0 radical (unpaired) electrons. The summed E-state index contributed by atoms with van der Waals surface area (Å²) in [5.41, 5.74) is 2.29. The highest BCUT2D eigenvalue weighted by Gasteiger charge is 2.21. The Morgan fingerprint density at radius 3 is 2.29 bits per heavy atom. The number of phenols is 3. The van der Waals surface area contributed by atoms with Crippen LogP contribution in [0.5, 0.6) is 17.2 Å². The van der Waals surface area contributed by atoms with Gasteiger partial charge in [-0.1, -0.05) is 24.6 Å². The van der Waals surface area contributed by atoms with E-state index in [0.29, 0.717) is 17.8 Å². The van der Waals surface area contributed by atoms with Gasteiger partial charge < -0.3 is 20.6 Å². The van der Waals surface area contributed by atoms with Crippen LogP contribution in [0.3, 0.4) is 0 Å². The third kappa shape index (κ3) is 4.42. The van der Waals surface area contributed by atoms with Gasteiger partial charge in [-0.25, -0.2) is 0 Å². The smallest absolute Gasteiger partial charge is 0.157 e. The highest BCUT2D eigenvalue weighted by atomic mass is 16.3. The van der Waals surface area contributed by atoms with Gasteiger partial charge in [-0.2, -0.15) is 0 Å². The van der Waals surface area contributed by atoms with Crippen molar-refractivity contribution in [3.05, 3.63) is 53.6 Å². The highest BCUT2D eigenvalue weighted by molar-refractivity contribution is 5.40. The molecule has 2 aromatic carbocycles. The fourth-order valence-corrected chi connectivity index (χ4v) is 3.48. The van der Waals surface area contributed by atoms with Crippen molar-refractivity contribution in [1.29, 1.82) is 0 Å². The van der Waals surface area contributed by atoms with Crippen molar-refractivity contribution in [3.63, 3.8) is 0 Å². The molecular formula is C20H25NO3. The number of piperidine rings is 1. The molecule has 4 N–H and O–H groups in total. The molecule has 0 bridgehead atoms. The monoisotopic (exact) mass is 327 g/mol. The summed E-state index contributed by atoms with van der Waals surface area (Å²) in [5, 5.41) is 32.1. The molecule has 2 unspecified atom stereocenters. The summed E-state index contributed by atoms with van der Waals surface area (Å²) in [6.07, 6.45) is 6.49. The van der Waals surface area contributed by atoms with Crippen molar-refractivity contribution in [3.8, 4) is 17.2 Å². The van der Waals surface area contributed by atoms with Gasteiger partial charge in [0.2, 0.25) is 0 Å². The minimum absolute atomic E-state index is 0.0489. The summed E-state index contributed by atoms with van der Waals surface area (Å²) in [7, 11) is 0. The van der Waals surface area contributed by atoms with Crippen LogP contribution in [0.4, 0.5) is 0 Å². The van der Waals surface area contributed by atoms with Crippen molar-refractivity contribution in [2.45, 2.75) is 50.6 Å². The zero-order valence-electron chi connectivity index (χ0n) is 13.8. The first-order valence-corrected chi connectivity index (χ1v) is 8.65. The molecule has 128 valence electrons. The molecule has 0 saturated carbocycles. The Balaban J connectivity index is 1.52. The second-order valence-corrected chi connectivity index (χ2v) is 6.72. The Bertz CT molecular complexity index is 669. The lowest BCUT2D eigenvalue weighted by Crippen LogP contribution is -2.43. The van der Waals surface area contributed by atoms with E-state index in [1.54, 1.807) is 24.3 Å². The summed E-state index contributed by atoms with van der Waals surface area (Å²) < 4.78 is 0. The lowest BCUT2D eigenvalue weighted by Gasteiger charge is -2.31. The summed E-state index contributed by atoms with van der Waals surface area (Å²) in [6.45, 7) is 0. The maximum atomic E-state index is 9.62. The van der Waals surface area contributed by atoms with E-state index in [1.807, 2.05) is 18.2 Å².